The molecule has 0 aromatic carbocycles. The van der Waals surface area contributed by atoms with Gasteiger partial charge in [0.05, 0.1) is 0 Å². The third-order valence-electron chi connectivity index (χ3n) is 2.90. The van der Waals surface area contributed by atoms with Crippen LogP contribution in [0.25, 0.3) is 0 Å². The van der Waals surface area contributed by atoms with Gasteiger partial charge in [-0.2, -0.15) is 0 Å². The van der Waals surface area contributed by atoms with Crippen LogP contribution in [0.3, 0.4) is 0 Å². The molecule has 0 radical (unpaired) electrons. The Bertz CT molecular complexity index is 296. The van der Waals surface area contributed by atoms with Crippen molar-refractivity contribution in [2.75, 3.05) is 13.1 Å². The van der Waals surface area contributed by atoms with Gasteiger partial charge in [-0.15, -0.1) is 0 Å². The first-order valence-corrected chi connectivity index (χ1v) is 8.39. The van der Waals surface area contributed by atoms with Gasteiger partial charge >= 0.3 is 6.80 Å². The normalized spacial score (nSPS) is 28.0. The first-order chi connectivity index (χ1) is 7.36. The van der Waals surface area contributed by atoms with Crippen LogP contribution in [0.2, 0.25) is 0 Å². The van der Waals surface area contributed by atoms with E-state index in [-0.39, 0.29) is 6.04 Å². The average Bonchev–Trinajstić information content (AvgIpc) is 2.28. The van der Waals surface area contributed by atoms with Gasteiger partial charge < -0.3 is 0 Å². The Labute approximate surface area is 104 Å². The van der Waals surface area contributed by atoms with E-state index < -0.39 is 6.80 Å². The fraction of sp³-hybridized carbons (Fsp3) is 0.818. The minimum absolute atomic E-state index is 0.235. The van der Waals surface area contributed by atoms with E-state index in [0.717, 1.165) is 0 Å². The highest BCUT2D eigenvalue weighted by atomic mass is 35.7. The molecule has 3 nitrogen and oxygen atoms in total. The molecule has 0 fully saturated rings. The Morgan fingerprint density at radius 1 is 1.25 bits per heavy atom. The van der Waals surface area contributed by atoms with E-state index >= 15 is 0 Å². The molecule has 0 bridgehead atoms. The third-order valence-corrected chi connectivity index (χ3v) is 5.51. The van der Waals surface area contributed by atoms with Gasteiger partial charge in [0.2, 0.25) is 0 Å². The average molecular weight is 265 g/mol. The topological polar surface area (TPSA) is 32.3 Å². The molecule has 5 heteroatoms. The fourth-order valence-corrected chi connectivity index (χ4v) is 4.77. The maximum absolute atomic E-state index is 12.4. The molecule has 0 saturated carbocycles. The van der Waals surface area contributed by atoms with Gasteiger partial charge in [-0.3, -0.25) is 4.57 Å². The number of hydrogen-bond donors (Lipinski definition) is 1. The van der Waals surface area contributed by atoms with Gasteiger partial charge in [-0.25, -0.2) is 9.76 Å². The third kappa shape index (κ3) is 3.33. The highest BCUT2D eigenvalue weighted by Gasteiger charge is 2.36. The number of hydrogen-bond acceptors (Lipinski definition) is 1. The first kappa shape index (κ1) is 14.2. The zero-order chi connectivity index (χ0) is 12.3. The molecule has 16 heavy (non-hydrogen) atoms. The molecule has 0 aliphatic carbocycles. The maximum atomic E-state index is 12.4. The van der Waals surface area contributed by atoms with Crippen molar-refractivity contribution in [3.05, 3.63) is 12.2 Å². The number of nitrogens with one attached hydrogen (secondary N) is 1. The van der Waals surface area contributed by atoms with Crippen molar-refractivity contribution in [1.29, 1.82) is 0 Å². The lowest BCUT2D eigenvalue weighted by Gasteiger charge is -2.38. The summed E-state index contributed by atoms with van der Waals surface area (Å²) in [5.41, 5.74) is 0. The van der Waals surface area contributed by atoms with Gasteiger partial charge in [0.15, 0.2) is 0 Å². The molecule has 1 aliphatic heterocycles. The van der Waals surface area contributed by atoms with Crippen LogP contribution in [-0.4, -0.2) is 23.8 Å². The van der Waals surface area contributed by atoms with Gasteiger partial charge in [-0.05, 0) is 23.1 Å². The molecule has 0 amide bonds. The minimum atomic E-state index is -2.91. The highest BCUT2D eigenvalue weighted by molar-refractivity contribution is 7.85. The Morgan fingerprint density at radius 3 is 2.31 bits per heavy atom. The van der Waals surface area contributed by atoms with E-state index in [4.69, 9.17) is 11.2 Å². The lowest BCUT2D eigenvalue weighted by Crippen LogP contribution is -2.41. The highest BCUT2D eigenvalue weighted by Crippen LogP contribution is 2.54. The predicted octanol–water partition coefficient (Wildman–Crippen LogP) is 3.48. The van der Waals surface area contributed by atoms with Gasteiger partial charge in [0.1, 0.15) is 0 Å². The van der Waals surface area contributed by atoms with E-state index in [1.165, 1.54) is 0 Å². The number of halogens is 1. The lowest BCUT2D eigenvalue weighted by molar-refractivity contribution is 0.215. The van der Waals surface area contributed by atoms with Crippen LogP contribution in [-0.2, 0) is 4.57 Å². The van der Waals surface area contributed by atoms with Gasteiger partial charge in [-0.1, -0.05) is 39.8 Å². The van der Waals surface area contributed by atoms with E-state index in [9.17, 15) is 4.57 Å². The second-order valence-electron chi connectivity index (χ2n) is 4.94. The second kappa shape index (κ2) is 5.68. The zero-order valence-corrected chi connectivity index (χ0v) is 12.1. The Hall–Kier alpha value is 0.180. The standard InChI is InChI=1S/C11H22ClN2OP/c1-9(2)11(10(3)4)14-8-6-5-7-13-16(14,12)15/h5-6,9-11H,7-8H2,1-4H3,(H,13,15). The molecule has 1 aliphatic rings. The van der Waals surface area contributed by atoms with E-state index in [2.05, 4.69) is 32.8 Å². The number of nitrogens with zero attached hydrogens (tertiary/aromatic N) is 1. The van der Waals surface area contributed by atoms with Crippen molar-refractivity contribution >= 4 is 18.0 Å². The molecular weight excluding hydrogens is 243 g/mol. The van der Waals surface area contributed by atoms with Gasteiger partial charge in [0.25, 0.3) is 0 Å². The van der Waals surface area contributed by atoms with Crippen molar-refractivity contribution in [3.63, 3.8) is 0 Å². The molecule has 1 heterocycles. The summed E-state index contributed by atoms with van der Waals surface area (Å²) in [6.45, 7) is 6.93. The van der Waals surface area contributed by atoms with Gasteiger partial charge in [0, 0.05) is 19.1 Å². The van der Waals surface area contributed by atoms with E-state index in [0.29, 0.717) is 24.9 Å². The van der Waals surface area contributed by atoms with Crippen molar-refractivity contribution in [2.24, 2.45) is 11.8 Å². The summed E-state index contributed by atoms with van der Waals surface area (Å²) in [5, 5.41) is 2.92. The summed E-state index contributed by atoms with van der Waals surface area (Å²) in [7, 11) is 0. The summed E-state index contributed by atoms with van der Waals surface area (Å²) in [5.74, 6) is 0.862. The zero-order valence-electron chi connectivity index (χ0n) is 10.5. The molecule has 1 unspecified atom stereocenters. The fourth-order valence-electron chi connectivity index (χ4n) is 2.38. The van der Waals surface area contributed by atoms with Crippen molar-refractivity contribution in [2.45, 2.75) is 33.7 Å². The molecule has 1 N–H and O–H groups in total. The summed E-state index contributed by atoms with van der Waals surface area (Å²) in [4.78, 5) is 0. The predicted molar refractivity (Wildman–Crippen MR) is 70.8 cm³/mol. The van der Waals surface area contributed by atoms with Crippen molar-refractivity contribution in [3.8, 4) is 0 Å². The summed E-state index contributed by atoms with van der Waals surface area (Å²) >= 11 is 6.16. The van der Waals surface area contributed by atoms with Crippen molar-refractivity contribution in [1.82, 2.24) is 9.76 Å². The largest absolute Gasteiger partial charge is 0.302 e. The minimum Gasteiger partial charge on any atom is -0.271 e. The van der Waals surface area contributed by atoms with Crippen LogP contribution in [0.4, 0.5) is 0 Å². The first-order valence-electron chi connectivity index (χ1n) is 5.83. The molecule has 94 valence electrons. The Kier molecular flexibility index (Phi) is 5.06. The van der Waals surface area contributed by atoms with E-state index in [1.54, 1.807) is 0 Å². The smallest absolute Gasteiger partial charge is 0.271 e. The van der Waals surface area contributed by atoms with Crippen LogP contribution in [0, 0.1) is 11.8 Å². The second-order valence-corrected chi connectivity index (χ2v) is 8.15. The maximum Gasteiger partial charge on any atom is 0.302 e. The monoisotopic (exact) mass is 264 g/mol. The molecule has 0 aromatic heterocycles. The Balaban J connectivity index is 2.96. The molecular formula is C11H22ClN2OP. The van der Waals surface area contributed by atoms with Crippen LogP contribution in [0.15, 0.2) is 12.2 Å². The summed E-state index contributed by atoms with van der Waals surface area (Å²) in [6.07, 6.45) is 4.01. The lowest BCUT2D eigenvalue weighted by atomic mass is 9.93. The summed E-state index contributed by atoms with van der Waals surface area (Å²) in [6, 6.07) is 0.235. The summed E-state index contributed by atoms with van der Waals surface area (Å²) < 4.78 is 14.3. The molecule has 1 atom stereocenters. The molecule has 0 saturated heterocycles. The van der Waals surface area contributed by atoms with Crippen molar-refractivity contribution < 1.29 is 4.57 Å². The molecule has 0 aromatic rings. The SMILES string of the molecule is CC(C)C(C(C)C)N1CC=CCNP1(=O)Cl. The quantitative estimate of drug-likeness (QED) is 0.626. The van der Waals surface area contributed by atoms with Crippen LogP contribution in [0.1, 0.15) is 27.7 Å². The molecule has 1 rings (SSSR count). The molecule has 0 spiro atoms. The van der Waals surface area contributed by atoms with Crippen LogP contribution < -0.4 is 5.09 Å². The number of rotatable bonds is 3. The Morgan fingerprint density at radius 2 is 1.81 bits per heavy atom. The van der Waals surface area contributed by atoms with Crippen LogP contribution in [0.5, 0.6) is 0 Å². The van der Waals surface area contributed by atoms with E-state index in [1.807, 2.05) is 16.8 Å². The van der Waals surface area contributed by atoms with Crippen LogP contribution >= 0.6 is 18.0 Å².